The zero-order valence-electron chi connectivity index (χ0n) is 12.1. The fraction of sp³-hybridized carbons (Fsp3) is 0.357. The number of likely N-dealkylation sites (N-methyl/N-ethyl adjacent to an activating group) is 1. The highest BCUT2D eigenvalue weighted by molar-refractivity contribution is 5.97. The minimum absolute atomic E-state index is 0.125. The molecule has 1 aliphatic heterocycles. The SMILES string of the molecule is COc1cc([N+]2(C)C=CN=C2CO)cc(OC)c1OC. The highest BCUT2D eigenvalue weighted by Gasteiger charge is 2.34. The lowest BCUT2D eigenvalue weighted by atomic mass is 10.2. The number of benzene rings is 1. The maximum absolute atomic E-state index is 9.44. The summed E-state index contributed by atoms with van der Waals surface area (Å²) in [5.74, 6) is 2.30. The topological polar surface area (TPSA) is 60.3 Å². The predicted octanol–water partition coefficient (Wildman–Crippen LogP) is 1.53. The summed E-state index contributed by atoms with van der Waals surface area (Å²) in [6, 6.07) is 3.70. The van der Waals surface area contributed by atoms with Crippen molar-refractivity contribution < 1.29 is 19.3 Å². The van der Waals surface area contributed by atoms with Crippen LogP contribution in [0.5, 0.6) is 17.2 Å². The van der Waals surface area contributed by atoms with Crippen LogP contribution in [-0.2, 0) is 0 Å². The number of aliphatic hydroxyl groups excluding tert-OH is 1. The standard InChI is InChI=1S/C14H19N2O4/c1-16(6-5-15-13(16)9-17)10-7-11(18-2)14(20-4)12(8-10)19-3/h5-8,17H,9H2,1-4H3/q+1. The van der Waals surface area contributed by atoms with Gasteiger partial charge in [-0.2, -0.15) is 0 Å². The third kappa shape index (κ3) is 2.13. The highest BCUT2D eigenvalue weighted by Crippen LogP contribution is 2.43. The molecular weight excluding hydrogens is 260 g/mol. The Morgan fingerprint density at radius 3 is 2.15 bits per heavy atom. The van der Waals surface area contributed by atoms with E-state index in [9.17, 15) is 5.11 Å². The monoisotopic (exact) mass is 279 g/mol. The Bertz CT molecular complexity index is 543. The Morgan fingerprint density at radius 1 is 1.10 bits per heavy atom. The number of aliphatic imine (C=N–C) groups is 1. The van der Waals surface area contributed by atoms with Crippen molar-refractivity contribution in [1.82, 2.24) is 4.48 Å². The minimum atomic E-state index is -0.125. The first-order valence-corrected chi connectivity index (χ1v) is 6.13. The van der Waals surface area contributed by atoms with Gasteiger partial charge in [-0.3, -0.25) is 0 Å². The summed E-state index contributed by atoms with van der Waals surface area (Å²) >= 11 is 0. The second-order valence-corrected chi connectivity index (χ2v) is 4.46. The first-order chi connectivity index (χ1) is 9.60. The summed E-state index contributed by atoms with van der Waals surface area (Å²) in [4.78, 5) is 4.18. The van der Waals surface area contributed by atoms with E-state index in [1.54, 1.807) is 27.5 Å². The summed E-state index contributed by atoms with van der Waals surface area (Å²) in [5, 5.41) is 9.44. The number of quaternary nitrogens is 1. The Balaban J connectivity index is 2.59. The van der Waals surface area contributed by atoms with Crippen LogP contribution in [0, 0.1) is 0 Å². The molecule has 6 heteroatoms. The van der Waals surface area contributed by atoms with Crippen LogP contribution in [0.3, 0.4) is 0 Å². The largest absolute Gasteiger partial charge is 0.492 e. The van der Waals surface area contributed by atoms with Gasteiger partial charge >= 0.3 is 0 Å². The maximum Gasteiger partial charge on any atom is 0.238 e. The lowest BCUT2D eigenvalue weighted by Gasteiger charge is -2.27. The van der Waals surface area contributed by atoms with E-state index in [1.165, 1.54) is 0 Å². The fourth-order valence-electron chi connectivity index (χ4n) is 2.22. The van der Waals surface area contributed by atoms with E-state index in [4.69, 9.17) is 14.2 Å². The molecule has 6 nitrogen and oxygen atoms in total. The summed E-state index contributed by atoms with van der Waals surface area (Å²) in [5.41, 5.74) is 0.862. The molecule has 0 aromatic heterocycles. The first-order valence-electron chi connectivity index (χ1n) is 6.13. The van der Waals surface area contributed by atoms with E-state index in [0.29, 0.717) is 23.1 Å². The molecule has 20 heavy (non-hydrogen) atoms. The molecule has 2 rings (SSSR count). The minimum Gasteiger partial charge on any atom is -0.492 e. The van der Waals surface area contributed by atoms with E-state index in [1.807, 2.05) is 25.4 Å². The van der Waals surface area contributed by atoms with Crippen molar-refractivity contribution >= 4 is 11.5 Å². The molecule has 0 bridgehead atoms. The molecule has 1 atom stereocenters. The van der Waals surface area contributed by atoms with Gasteiger partial charge in [0.15, 0.2) is 17.2 Å². The van der Waals surface area contributed by atoms with Gasteiger partial charge in [-0.05, 0) is 0 Å². The van der Waals surface area contributed by atoms with Crippen molar-refractivity contribution in [2.24, 2.45) is 4.99 Å². The number of hydrogen-bond acceptors (Lipinski definition) is 5. The number of amidine groups is 1. The van der Waals surface area contributed by atoms with E-state index in [0.717, 1.165) is 5.69 Å². The van der Waals surface area contributed by atoms with Gasteiger partial charge in [0.25, 0.3) is 0 Å². The number of methoxy groups -OCH3 is 3. The van der Waals surface area contributed by atoms with Crippen LogP contribution >= 0.6 is 0 Å². The number of rotatable bonds is 5. The van der Waals surface area contributed by atoms with Gasteiger partial charge in [-0.1, -0.05) is 0 Å². The second-order valence-electron chi connectivity index (χ2n) is 4.46. The molecule has 1 N–H and O–H groups in total. The lowest BCUT2D eigenvalue weighted by Crippen LogP contribution is -2.45. The van der Waals surface area contributed by atoms with Crippen molar-refractivity contribution in [3.63, 3.8) is 0 Å². The van der Waals surface area contributed by atoms with Crippen molar-refractivity contribution in [2.45, 2.75) is 0 Å². The van der Waals surface area contributed by atoms with Crippen molar-refractivity contribution in [2.75, 3.05) is 35.0 Å². The molecule has 0 amide bonds. The fourth-order valence-corrected chi connectivity index (χ4v) is 2.22. The normalized spacial score (nSPS) is 20.8. The molecule has 1 unspecified atom stereocenters. The molecule has 1 aliphatic rings. The highest BCUT2D eigenvalue weighted by atomic mass is 16.5. The molecule has 0 saturated carbocycles. The Labute approximate surface area is 118 Å². The Hall–Kier alpha value is -2.05. The van der Waals surface area contributed by atoms with E-state index in [-0.39, 0.29) is 11.1 Å². The summed E-state index contributed by atoms with van der Waals surface area (Å²) in [6.45, 7) is -0.125. The molecule has 0 spiro atoms. The summed E-state index contributed by atoms with van der Waals surface area (Å²) in [7, 11) is 6.63. The zero-order chi connectivity index (χ0) is 14.8. The average Bonchev–Trinajstić information content (AvgIpc) is 2.87. The number of aliphatic hydroxyl groups is 1. The van der Waals surface area contributed by atoms with Gasteiger partial charge in [0.2, 0.25) is 11.6 Å². The van der Waals surface area contributed by atoms with E-state index < -0.39 is 0 Å². The van der Waals surface area contributed by atoms with Crippen LogP contribution in [0.2, 0.25) is 0 Å². The molecule has 0 radical (unpaired) electrons. The third-order valence-corrected chi connectivity index (χ3v) is 3.45. The van der Waals surface area contributed by atoms with Gasteiger partial charge in [0.05, 0.1) is 34.6 Å². The smallest absolute Gasteiger partial charge is 0.238 e. The van der Waals surface area contributed by atoms with Crippen molar-refractivity contribution in [1.29, 1.82) is 0 Å². The third-order valence-electron chi connectivity index (χ3n) is 3.45. The maximum atomic E-state index is 9.44. The van der Waals surface area contributed by atoms with Gasteiger partial charge in [-0.15, -0.1) is 0 Å². The van der Waals surface area contributed by atoms with Gasteiger partial charge in [-0.25, -0.2) is 9.48 Å². The van der Waals surface area contributed by atoms with Crippen molar-refractivity contribution in [3.8, 4) is 17.2 Å². The van der Waals surface area contributed by atoms with Crippen LogP contribution in [0.25, 0.3) is 0 Å². The van der Waals surface area contributed by atoms with Crippen LogP contribution in [0.4, 0.5) is 5.69 Å². The Morgan fingerprint density at radius 2 is 1.70 bits per heavy atom. The van der Waals surface area contributed by atoms with Gasteiger partial charge < -0.3 is 19.3 Å². The number of hydrogen-bond donors (Lipinski definition) is 1. The molecule has 1 heterocycles. The summed E-state index contributed by atoms with van der Waals surface area (Å²) in [6.07, 6.45) is 3.56. The molecule has 0 saturated heterocycles. The lowest BCUT2D eigenvalue weighted by molar-refractivity contribution is 0.323. The van der Waals surface area contributed by atoms with Gasteiger partial charge in [0.1, 0.15) is 12.8 Å². The second kappa shape index (κ2) is 5.52. The van der Waals surface area contributed by atoms with Crippen molar-refractivity contribution in [3.05, 3.63) is 24.5 Å². The van der Waals surface area contributed by atoms with Gasteiger partial charge in [0, 0.05) is 12.1 Å². The summed E-state index contributed by atoms with van der Waals surface area (Å²) < 4.78 is 16.3. The predicted molar refractivity (Wildman–Crippen MR) is 77.5 cm³/mol. The van der Waals surface area contributed by atoms with E-state index >= 15 is 0 Å². The van der Waals surface area contributed by atoms with Crippen LogP contribution < -0.4 is 18.7 Å². The number of ether oxygens (including phenoxy) is 3. The van der Waals surface area contributed by atoms with Crippen LogP contribution in [0.1, 0.15) is 0 Å². The van der Waals surface area contributed by atoms with Crippen LogP contribution in [0.15, 0.2) is 29.5 Å². The molecule has 1 aromatic carbocycles. The quantitative estimate of drug-likeness (QED) is 0.830. The first kappa shape index (κ1) is 14.4. The molecule has 1 aromatic rings. The Kier molecular flexibility index (Phi) is 3.96. The molecule has 0 aliphatic carbocycles. The van der Waals surface area contributed by atoms with Crippen LogP contribution in [-0.4, -0.2) is 45.9 Å². The zero-order valence-corrected chi connectivity index (χ0v) is 12.1. The molecule has 0 fully saturated rings. The molecular formula is C14H19N2O4+. The van der Waals surface area contributed by atoms with E-state index in [2.05, 4.69) is 4.99 Å². The number of nitrogens with zero attached hydrogens (tertiary/aromatic N) is 2. The average molecular weight is 279 g/mol. The molecule has 108 valence electrons.